The molecular weight excluding hydrogens is 198 g/mol. The van der Waals surface area contributed by atoms with Gasteiger partial charge in [0.15, 0.2) is 0 Å². The van der Waals surface area contributed by atoms with E-state index in [-0.39, 0.29) is 0 Å². The van der Waals surface area contributed by atoms with E-state index in [1.54, 1.807) is 0 Å². The molecule has 1 aromatic rings. The van der Waals surface area contributed by atoms with Gasteiger partial charge in [-0.05, 0) is 49.4 Å². The van der Waals surface area contributed by atoms with E-state index in [0.29, 0.717) is 12.3 Å². The third-order valence-electron chi connectivity index (χ3n) is 3.37. The molecular formula is C14H19NO. The Morgan fingerprint density at radius 1 is 1.25 bits per heavy atom. The van der Waals surface area contributed by atoms with Crippen molar-refractivity contribution in [2.45, 2.75) is 31.6 Å². The van der Waals surface area contributed by atoms with Crippen molar-refractivity contribution in [2.24, 2.45) is 0 Å². The van der Waals surface area contributed by atoms with Crippen molar-refractivity contribution in [1.29, 1.82) is 0 Å². The molecule has 2 rings (SSSR count). The van der Waals surface area contributed by atoms with Crippen LogP contribution in [0, 0.1) is 0 Å². The van der Waals surface area contributed by atoms with Crippen LogP contribution in [-0.4, -0.2) is 19.4 Å². The zero-order valence-electron chi connectivity index (χ0n) is 9.61. The van der Waals surface area contributed by atoms with Crippen LogP contribution in [0.15, 0.2) is 24.3 Å². The summed E-state index contributed by atoms with van der Waals surface area (Å²) in [6, 6.07) is 8.59. The second-order valence-electron chi connectivity index (χ2n) is 4.43. The highest BCUT2D eigenvalue weighted by Gasteiger charge is 2.17. The van der Waals surface area contributed by atoms with Crippen molar-refractivity contribution < 1.29 is 4.79 Å². The number of piperidine rings is 1. The SMILES string of the molecule is O=CCCc1ccccc1C1CCNCC1. The van der Waals surface area contributed by atoms with E-state index < -0.39 is 0 Å². The highest BCUT2D eigenvalue weighted by atomic mass is 16.1. The molecule has 0 radical (unpaired) electrons. The molecule has 0 amide bonds. The molecule has 2 heteroatoms. The Morgan fingerprint density at radius 3 is 2.75 bits per heavy atom. The Morgan fingerprint density at radius 2 is 2.00 bits per heavy atom. The van der Waals surface area contributed by atoms with Crippen molar-refractivity contribution in [3.05, 3.63) is 35.4 Å². The number of benzene rings is 1. The topological polar surface area (TPSA) is 29.1 Å². The maximum absolute atomic E-state index is 10.5. The normalized spacial score (nSPS) is 17.2. The average molecular weight is 217 g/mol. The highest BCUT2D eigenvalue weighted by Crippen LogP contribution is 2.28. The number of rotatable bonds is 4. The molecule has 0 saturated carbocycles. The Labute approximate surface area is 97.1 Å². The van der Waals surface area contributed by atoms with E-state index in [1.807, 2.05) is 0 Å². The lowest BCUT2D eigenvalue weighted by molar-refractivity contribution is -0.107. The van der Waals surface area contributed by atoms with Gasteiger partial charge in [-0.15, -0.1) is 0 Å². The Bertz CT molecular complexity index is 342. The number of hydrogen-bond donors (Lipinski definition) is 1. The first-order valence-electron chi connectivity index (χ1n) is 6.14. The second-order valence-corrected chi connectivity index (χ2v) is 4.43. The number of nitrogens with one attached hydrogen (secondary N) is 1. The van der Waals surface area contributed by atoms with Crippen molar-refractivity contribution in [3.8, 4) is 0 Å². The van der Waals surface area contributed by atoms with Crippen LogP contribution >= 0.6 is 0 Å². The molecule has 1 aliphatic heterocycles. The maximum atomic E-state index is 10.5. The fourth-order valence-corrected chi connectivity index (χ4v) is 2.51. The van der Waals surface area contributed by atoms with Crippen molar-refractivity contribution in [1.82, 2.24) is 5.32 Å². The fourth-order valence-electron chi connectivity index (χ4n) is 2.51. The maximum Gasteiger partial charge on any atom is 0.120 e. The van der Waals surface area contributed by atoms with E-state index >= 15 is 0 Å². The molecule has 1 N–H and O–H groups in total. The van der Waals surface area contributed by atoms with Gasteiger partial charge in [0.05, 0.1) is 0 Å². The highest BCUT2D eigenvalue weighted by molar-refractivity contribution is 5.50. The minimum Gasteiger partial charge on any atom is -0.317 e. The Hall–Kier alpha value is -1.15. The van der Waals surface area contributed by atoms with E-state index in [4.69, 9.17) is 0 Å². The predicted molar refractivity (Wildman–Crippen MR) is 65.7 cm³/mol. The predicted octanol–water partition coefficient (Wildman–Crippen LogP) is 2.29. The largest absolute Gasteiger partial charge is 0.317 e. The number of carbonyl (C=O) groups is 1. The van der Waals surface area contributed by atoms with Crippen LogP contribution in [-0.2, 0) is 11.2 Å². The summed E-state index contributed by atoms with van der Waals surface area (Å²) in [5, 5.41) is 3.39. The standard InChI is InChI=1S/C14H19NO/c16-11-3-5-12-4-1-2-6-14(12)13-7-9-15-10-8-13/h1-2,4,6,11,13,15H,3,5,7-10H2. The summed E-state index contributed by atoms with van der Waals surface area (Å²) in [6.07, 6.45) is 4.99. The summed E-state index contributed by atoms with van der Waals surface area (Å²) in [7, 11) is 0. The van der Waals surface area contributed by atoms with Crippen LogP contribution in [0.2, 0.25) is 0 Å². The molecule has 0 aromatic heterocycles. The second kappa shape index (κ2) is 5.80. The molecule has 0 unspecified atom stereocenters. The molecule has 86 valence electrons. The molecule has 2 nitrogen and oxygen atoms in total. The quantitative estimate of drug-likeness (QED) is 0.784. The first-order valence-corrected chi connectivity index (χ1v) is 6.14. The minimum atomic E-state index is 0.641. The zero-order valence-corrected chi connectivity index (χ0v) is 9.61. The van der Waals surface area contributed by atoms with Crippen molar-refractivity contribution >= 4 is 6.29 Å². The summed E-state index contributed by atoms with van der Waals surface area (Å²) in [5.74, 6) is 0.684. The van der Waals surface area contributed by atoms with E-state index in [0.717, 1.165) is 25.8 Å². The van der Waals surface area contributed by atoms with E-state index in [1.165, 1.54) is 24.0 Å². The monoisotopic (exact) mass is 217 g/mol. The number of aryl methyl sites for hydroxylation is 1. The summed E-state index contributed by atoms with van der Waals surface area (Å²) in [4.78, 5) is 10.5. The van der Waals surface area contributed by atoms with Crippen LogP contribution in [0.5, 0.6) is 0 Å². The third kappa shape index (κ3) is 2.70. The smallest absolute Gasteiger partial charge is 0.120 e. The van der Waals surface area contributed by atoms with Crippen LogP contribution < -0.4 is 5.32 Å². The van der Waals surface area contributed by atoms with E-state index in [2.05, 4.69) is 29.6 Å². The van der Waals surface area contributed by atoms with Gasteiger partial charge in [-0.3, -0.25) is 0 Å². The molecule has 1 saturated heterocycles. The van der Waals surface area contributed by atoms with Gasteiger partial charge >= 0.3 is 0 Å². The molecule has 0 bridgehead atoms. The fraction of sp³-hybridized carbons (Fsp3) is 0.500. The van der Waals surface area contributed by atoms with Crippen molar-refractivity contribution in [3.63, 3.8) is 0 Å². The molecule has 16 heavy (non-hydrogen) atoms. The number of aldehydes is 1. The van der Waals surface area contributed by atoms with Crippen LogP contribution in [0.1, 0.15) is 36.3 Å². The average Bonchev–Trinajstić information content (AvgIpc) is 2.38. The zero-order chi connectivity index (χ0) is 11.2. The van der Waals surface area contributed by atoms with Crippen LogP contribution in [0.3, 0.4) is 0 Å². The summed E-state index contributed by atoms with van der Waals surface area (Å²) >= 11 is 0. The number of hydrogen-bond acceptors (Lipinski definition) is 2. The van der Waals surface area contributed by atoms with Crippen LogP contribution in [0.4, 0.5) is 0 Å². The Kier molecular flexibility index (Phi) is 4.11. The summed E-state index contributed by atoms with van der Waals surface area (Å²) in [6.45, 7) is 2.24. The molecule has 1 fully saturated rings. The van der Waals surface area contributed by atoms with Gasteiger partial charge in [0.2, 0.25) is 0 Å². The van der Waals surface area contributed by atoms with Gasteiger partial charge in [-0.1, -0.05) is 24.3 Å². The lowest BCUT2D eigenvalue weighted by Crippen LogP contribution is -2.27. The van der Waals surface area contributed by atoms with Gasteiger partial charge in [-0.25, -0.2) is 0 Å². The number of carbonyl (C=O) groups excluding carboxylic acids is 1. The third-order valence-corrected chi connectivity index (χ3v) is 3.37. The molecule has 1 heterocycles. The van der Waals surface area contributed by atoms with Gasteiger partial charge in [0, 0.05) is 6.42 Å². The van der Waals surface area contributed by atoms with Gasteiger partial charge in [0.1, 0.15) is 6.29 Å². The first-order chi connectivity index (χ1) is 7.92. The molecule has 0 spiro atoms. The van der Waals surface area contributed by atoms with Crippen LogP contribution in [0.25, 0.3) is 0 Å². The summed E-state index contributed by atoms with van der Waals surface area (Å²) in [5.41, 5.74) is 2.83. The lowest BCUT2D eigenvalue weighted by atomic mass is 9.86. The molecule has 0 aliphatic carbocycles. The Balaban J connectivity index is 2.14. The molecule has 1 aliphatic rings. The van der Waals surface area contributed by atoms with Gasteiger partial charge in [-0.2, -0.15) is 0 Å². The lowest BCUT2D eigenvalue weighted by Gasteiger charge is -2.25. The molecule has 1 aromatic carbocycles. The minimum absolute atomic E-state index is 0.641. The first kappa shape index (κ1) is 11.3. The molecule has 0 atom stereocenters. The van der Waals surface area contributed by atoms with E-state index in [9.17, 15) is 4.79 Å². The summed E-state index contributed by atoms with van der Waals surface area (Å²) < 4.78 is 0. The van der Waals surface area contributed by atoms with Gasteiger partial charge < -0.3 is 10.1 Å². The van der Waals surface area contributed by atoms with Crippen molar-refractivity contribution in [2.75, 3.05) is 13.1 Å². The van der Waals surface area contributed by atoms with Gasteiger partial charge in [0.25, 0.3) is 0 Å².